The van der Waals surface area contributed by atoms with Crippen molar-refractivity contribution in [2.45, 2.75) is 19.3 Å². The molecule has 2 N–H and O–H groups in total. The van der Waals surface area contributed by atoms with E-state index in [4.69, 9.17) is 10.2 Å². The van der Waals surface area contributed by atoms with Gasteiger partial charge in [-0.3, -0.25) is 4.79 Å². The molecule has 2 aliphatic rings. The van der Waals surface area contributed by atoms with Crippen LogP contribution in [-0.2, 0) is 29.1 Å². The topological polar surface area (TPSA) is 74.6 Å². The number of carboxylic acid groups (broad SMARTS) is 2. The minimum absolute atomic E-state index is 0. The van der Waals surface area contributed by atoms with Crippen LogP contribution < -0.4 is 0 Å². The molecule has 14 heavy (non-hydrogen) atoms. The number of rotatable bonds is 2. The number of carbonyl (C=O) groups is 2. The van der Waals surface area contributed by atoms with Crippen molar-refractivity contribution >= 4 is 11.9 Å². The van der Waals surface area contributed by atoms with Crippen LogP contribution in [-0.4, -0.2) is 22.2 Å². The summed E-state index contributed by atoms with van der Waals surface area (Å²) < 4.78 is 0. The number of allylic oxidation sites excluding steroid dienone is 1. The van der Waals surface area contributed by atoms with E-state index in [1.165, 1.54) is 0 Å². The minimum atomic E-state index is -1.08. The second-order valence-electron chi connectivity index (χ2n) is 3.78. The third-order valence-electron chi connectivity index (χ3n) is 3.11. The first-order valence-corrected chi connectivity index (χ1v) is 4.25. The number of hydrogen-bond acceptors (Lipinski definition) is 2. The first kappa shape index (κ1) is 11.4. The Balaban J connectivity index is 0.000000980. The van der Waals surface area contributed by atoms with Gasteiger partial charge in [0.2, 0.25) is 0 Å². The van der Waals surface area contributed by atoms with E-state index < -0.39 is 17.4 Å². The fraction of sp³-hybridized carbons (Fsp3) is 0.556. The van der Waals surface area contributed by atoms with Gasteiger partial charge in [-0.1, -0.05) is 6.08 Å². The van der Waals surface area contributed by atoms with Crippen molar-refractivity contribution in [2.24, 2.45) is 11.3 Å². The van der Waals surface area contributed by atoms with Gasteiger partial charge in [0.1, 0.15) is 5.41 Å². The smallest absolute Gasteiger partial charge is 0.332 e. The first-order chi connectivity index (χ1) is 6.06. The van der Waals surface area contributed by atoms with Crippen molar-refractivity contribution in [1.29, 1.82) is 0 Å². The van der Waals surface area contributed by atoms with Gasteiger partial charge in [0, 0.05) is 19.5 Å². The Morgan fingerprint density at radius 3 is 2.43 bits per heavy atom. The summed E-state index contributed by atoms with van der Waals surface area (Å²) in [7, 11) is 0. The summed E-state index contributed by atoms with van der Waals surface area (Å²) in [5, 5.41) is 17.8. The van der Waals surface area contributed by atoms with Gasteiger partial charge >= 0.3 is 11.9 Å². The van der Waals surface area contributed by atoms with Crippen LogP contribution >= 0.6 is 0 Å². The molecule has 2 bridgehead atoms. The van der Waals surface area contributed by atoms with Crippen LogP contribution in [0, 0.1) is 11.3 Å². The summed E-state index contributed by atoms with van der Waals surface area (Å²) in [5.74, 6) is -1.90. The van der Waals surface area contributed by atoms with Crippen LogP contribution in [0.1, 0.15) is 19.3 Å². The van der Waals surface area contributed by atoms with Crippen molar-refractivity contribution in [2.75, 3.05) is 0 Å². The zero-order valence-corrected chi connectivity index (χ0v) is 10.7. The number of hydrogen-bond donors (Lipinski definition) is 2. The van der Waals surface area contributed by atoms with E-state index in [0.29, 0.717) is 12.8 Å². The van der Waals surface area contributed by atoms with Crippen LogP contribution in [0.2, 0.25) is 0 Å². The molecule has 2 unspecified atom stereocenters. The van der Waals surface area contributed by atoms with Gasteiger partial charge in [0.15, 0.2) is 0 Å². The van der Waals surface area contributed by atoms with E-state index in [2.05, 4.69) is 0 Å². The summed E-state index contributed by atoms with van der Waals surface area (Å²) in [6.07, 6.45) is 3.37. The quantitative estimate of drug-likeness (QED) is 0.711. The largest absolute Gasteiger partial charge is 0.481 e. The average Bonchev–Trinajstić information content (AvgIpc) is 2.60. The SMILES string of the molecule is O=C(O)C1=CC2CCC1(C(=O)O)C2.[Zn]. The average molecular weight is 248 g/mol. The summed E-state index contributed by atoms with van der Waals surface area (Å²) in [6.45, 7) is 0. The maximum atomic E-state index is 11.0. The predicted octanol–water partition coefficient (Wildman–Crippen LogP) is 0.880. The molecule has 0 aliphatic heterocycles. The molecule has 1 fully saturated rings. The molecular weight excluding hydrogens is 237 g/mol. The van der Waals surface area contributed by atoms with Gasteiger partial charge < -0.3 is 10.2 Å². The van der Waals surface area contributed by atoms with Gasteiger partial charge in [-0.2, -0.15) is 0 Å². The molecule has 0 aromatic rings. The summed E-state index contributed by atoms with van der Waals surface area (Å²) in [5.41, 5.74) is -0.979. The molecule has 0 aromatic heterocycles. The fourth-order valence-electron chi connectivity index (χ4n) is 2.45. The van der Waals surface area contributed by atoms with E-state index in [1.54, 1.807) is 6.08 Å². The number of aliphatic carboxylic acids is 2. The van der Waals surface area contributed by atoms with Crippen LogP contribution in [0.15, 0.2) is 11.6 Å². The third-order valence-corrected chi connectivity index (χ3v) is 3.11. The molecule has 72 valence electrons. The molecule has 2 aliphatic carbocycles. The van der Waals surface area contributed by atoms with E-state index in [0.717, 1.165) is 6.42 Å². The molecule has 0 radical (unpaired) electrons. The van der Waals surface area contributed by atoms with Crippen molar-refractivity contribution in [3.63, 3.8) is 0 Å². The Kier molecular flexibility index (Phi) is 2.82. The van der Waals surface area contributed by atoms with E-state index >= 15 is 0 Å². The second-order valence-corrected chi connectivity index (χ2v) is 3.78. The molecule has 1 saturated carbocycles. The summed E-state index contributed by atoms with van der Waals surface area (Å²) in [6, 6.07) is 0. The van der Waals surface area contributed by atoms with Crippen LogP contribution in [0.25, 0.3) is 0 Å². The molecular formula is C9H10O4Zn. The molecule has 5 heteroatoms. The zero-order chi connectivity index (χ0) is 9.64. The van der Waals surface area contributed by atoms with Gasteiger partial charge in [-0.25, -0.2) is 4.79 Å². The summed E-state index contributed by atoms with van der Waals surface area (Å²) in [4.78, 5) is 21.8. The van der Waals surface area contributed by atoms with E-state index in [1.807, 2.05) is 0 Å². The maximum Gasteiger partial charge on any atom is 0.332 e. The second kappa shape index (κ2) is 3.46. The Bertz CT molecular complexity index is 323. The van der Waals surface area contributed by atoms with Gasteiger partial charge in [0.05, 0.1) is 5.57 Å². The monoisotopic (exact) mass is 246 g/mol. The van der Waals surface area contributed by atoms with E-state index in [-0.39, 0.29) is 31.0 Å². The zero-order valence-electron chi connectivity index (χ0n) is 7.69. The molecule has 0 amide bonds. The molecule has 0 heterocycles. The van der Waals surface area contributed by atoms with Crippen LogP contribution in [0.4, 0.5) is 0 Å². The number of carboxylic acids is 2. The fourth-order valence-corrected chi connectivity index (χ4v) is 2.45. The minimum Gasteiger partial charge on any atom is -0.481 e. The molecule has 2 atom stereocenters. The van der Waals surface area contributed by atoms with Crippen molar-refractivity contribution in [3.8, 4) is 0 Å². The normalized spacial score (nSPS) is 33.4. The predicted molar refractivity (Wildman–Crippen MR) is 43.1 cm³/mol. The Morgan fingerprint density at radius 2 is 2.07 bits per heavy atom. The summed E-state index contributed by atoms with van der Waals surface area (Å²) >= 11 is 0. The van der Waals surface area contributed by atoms with E-state index in [9.17, 15) is 9.59 Å². The van der Waals surface area contributed by atoms with Crippen LogP contribution in [0.3, 0.4) is 0 Å². The van der Waals surface area contributed by atoms with Crippen molar-refractivity contribution in [3.05, 3.63) is 11.6 Å². The Morgan fingerprint density at radius 1 is 1.43 bits per heavy atom. The maximum absolute atomic E-state index is 11.0. The van der Waals surface area contributed by atoms with Crippen molar-refractivity contribution in [1.82, 2.24) is 0 Å². The molecule has 4 nitrogen and oxygen atoms in total. The van der Waals surface area contributed by atoms with Crippen molar-refractivity contribution < 1.29 is 39.3 Å². The molecule has 0 saturated heterocycles. The van der Waals surface area contributed by atoms with Gasteiger partial charge in [0.25, 0.3) is 0 Å². The Labute approximate surface area is 93.8 Å². The van der Waals surface area contributed by atoms with Gasteiger partial charge in [-0.15, -0.1) is 0 Å². The molecule has 0 aromatic carbocycles. The molecule has 0 spiro atoms. The number of fused-ring (bicyclic) bond motifs is 2. The Hall–Kier alpha value is -0.697. The van der Waals surface area contributed by atoms with Crippen LogP contribution in [0.5, 0.6) is 0 Å². The van der Waals surface area contributed by atoms with Gasteiger partial charge in [-0.05, 0) is 25.2 Å². The first-order valence-electron chi connectivity index (χ1n) is 4.25. The molecule has 2 rings (SSSR count). The standard InChI is InChI=1S/C9H10O4.Zn/c10-7(11)6-3-5-1-2-9(6,4-5)8(12)13;/h3,5H,1-2,4H2,(H,10,11)(H,12,13);. The third kappa shape index (κ3) is 1.31.